The van der Waals surface area contributed by atoms with Gasteiger partial charge in [0.15, 0.2) is 5.69 Å². The molecule has 0 spiro atoms. The highest BCUT2D eigenvalue weighted by atomic mass is 15.0. The zero-order chi connectivity index (χ0) is 11.2. The molecule has 2 heterocycles. The summed E-state index contributed by atoms with van der Waals surface area (Å²) in [6.07, 6.45) is 3.53. The summed E-state index contributed by atoms with van der Waals surface area (Å²) in [4.78, 5) is 4.29. The van der Waals surface area contributed by atoms with E-state index >= 15 is 0 Å². The van der Waals surface area contributed by atoms with Crippen LogP contribution < -0.4 is 0 Å². The molecule has 0 amide bonds. The summed E-state index contributed by atoms with van der Waals surface area (Å²) in [5, 5.41) is 18.2. The lowest BCUT2D eigenvalue weighted by molar-refractivity contribution is 0.791. The second-order valence-corrected chi connectivity index (χ2v) is 4.05. The lowest BCUT2D eigenvalue weighted by Crippen LogP contribution is -2.08. The Bertz CT molecular complexity index is 650. The molecule has 0 aliphatic heterocycles. The average molecular weight is 208 g/mol. The third kappa shape index (κ3) is 0.988. The van der Waals surface area contributed by atoms with Crippen LogP contribution in [0.1, 0.15) is 24.4 Å². The maximum atomic E-state index is 9.17. The summed E-state index contributed by atoms with van der Waals surface area (Å²) < 4.78 is 1.86. The molecule has 2 aromatic rings. The van der Waals surface area contributed by atoms with Crippen molar-refractivity contribution in [2.24, 2.45) is 0 Å². The maximum Gasteiger partial charge on any atom is 0.166 e. The normalized spacial score (nSPS) is 16.6. The summed E-state index contributed by atoms with van der Waals surface area (Å²) in [6, 6.07) is 9.98. The van der Waals surface area contributed by atoms with Crippen molar-refractivity contribution >= 4 is 5.52 Å². The van der Waals surface area contributed by atoms with E-state index in [1.165, 1.54) is 0 Å². The first-order chi connectivity index (χ1) is 7.80. The zero-order valence-corrected chi connectivity index (χ0v) is 8.51. The van der Waals surface area contributed by atoms with Gasteiger partial charge in [0.2, 0.25) is 0 Å². The van der Waals surface area contributed by atoms with Crippen LogP contribution in [0.15, 0.2) is 24.4 Å². The fourth-order valence-corrected chi connectivity index (χ4v) is 1.97. The van der Waals surface area contributed by atoms with Gasteiger partial charge in [0.1, 0.15) is 17.3 Å². The Hall–Kier alpha value is -2.33. The van der Waals surface area contributed by atoms with Gasteiger partial charge in [-0.15, -0.1) is 0 Å². The monoisotopic (exact) mass is 208 g/mol. The molecule has 1 aliphatic carbocycles. The lowest BCUT2D eigenvalue weighted by Gasteiger charge is -2.03. The van der Waals surface area contributed by atoms with Gasteiger partial charge in [-0.05, 0) is 25.0 Å². The quantitative estimate of drug-likeness (QED) is 0.717. The Morgan fingerprint density at radius 3 is 2.75 bits per heavy atom. The summed E-state index contributed by atoms with van der Waals surface area (Å²) >= 11 is 0. The molecule has 4 heteroatoms. The Morgan fingerprint density at radius 2 is 2.12 bits per heavy atom. The van der Waals surface area contributed by atoms with Gasteiger partial charge in [-0.1, -0.05) is 6.07 Å². The molecule has 2 aromatic heterocycles. The van der Waals surface area contributed by atoms with Gasteiger partial charge >= 0.3 is 0 Å². The van der Waals surface area contributed by atoms with Crippen LogP contribution >= 0.6 is 0 Å². The number of imidazole rings is 1. The van der Waals surface area contributed by atoms with E-state index < -0.39 is 5.41 Å². The molecule has 3 rings (SSSR count). The van der Waals surface area contributed by atoms with E-state index in [1.807, 2.05) is 28.8 Å². The number of pyridine rings is 1. The highest BCUT2D eigenvalue weighted by Gasteiger charge is 2.48. The molecule has 4 nitrogen and oxygen atoms in total. The molecule has 0 N–H and O–H groups in total. The molecule has 16 heavy (non-hydrogen) atoms. The van der Waals surface area contributed by atoms with Crippen LogP contribution in [-0.4, -0.2) is 9.38 Å². The van der Waals surface area contributed by atoms with Crippen LogP contribution in [-0.2, 0) is 5.41 Å². The first-order valence-electron chi connectivity index (χ1n) is 5.10. The van der Waals surface area contributed by atoms with E-state index in [9.17, 15) is 0 Å². The molecule has 76 valence electrons. The van der Waals surface area contributed by atoms with E-state index in [2.05, 4.69) is 17.1 Å². The summed E-state index contributed by atoms with van der Waals surface area (Å²) in [6.45, 7) is 0. The number of aromatic nitrogens is 2. The van der Waals surface area contributed by atoms with E-state index in [-0.39, 0.29) is 0 Å². The number of nitrogens with zero attached hydrogens (tertiary/aromatic N) is 4. The first-order valence-corrected chi connectivity index (χ1v) is 5.10. The van der Waals surface area contributed by atoms with Crippen molar-refractivity contribution in [3.8, 4) is 12.1 Å². The average Bonchev–Trinajstić information content (AvgIpc) is 3.04. The minimum absolute atomic E-state index is 0.400. The number of hydrogen-bond donors (Lipinski definition) is 0. The third-order valence-electron chi connectivity index (χ3n) is 3.05. The van der Waals surface area contributed by atoms with Crippen molar-refractivity contribution in [1.29, 1.82) is 10.5 Å². The minimum Gasteiger partial charge on any atom is -0.301 e. The van der Waals surface area contributed by atoms with Crippen molar-refractivity contribution in [2.45, 2.75) is 18.3 Å². The number of rotatable bonds is 1. The summed E-state index contributed by atoms with van der Waals surface area (Å²) in [5.41, 5.74) is 0.720. The van der Waals surface area contributed by atoms with Gasteiger partial charge in [-0.25, -0.2) is 4.98 Å². The van der Waals surface area contributed by atoms with Crippen molar-refractivity contribution < 1.29 is 0 Å². The highest BCUT2D eigenvalue weighted by Crippen LogP contribution is 2.47. The van der Waals surface area contributed by atoms with Crippen molar-refractivity contribution in [3.05, 3.63) is 35.9 Å². The molecular formula is C12H8N4. The number of nitriles is 2. The van der Waals surface area contributed by atoms with Gasteiger partial charge < -0.3 is 4.40 Å². The van der Waals surface area contributed by atoms with Crippen LogP contribution in [0.5, 0.6) is 0 Å². The first kappa shape index (κ1) is 8.94. The predicted octanol–water partition coefficient (Wildman–Crippen LogP) is 1.76. The molecular weight excluding hydrogens is 200 g/mol. The molecule has 0 bridgehead atoms. The van der Waals surface area contributed by atoms with Crippen LogP contribution in [0.2, 0.25) is 0 Å². The van der Waals surface area contributed by atoms with Crippen LogP contribution in [0.4, 0.5) is 0 Å². The van der Waals surface area contributed by atoms with Crippen molar-refractivity contribution in [3.63, 3.8) is 0 Å². The van der Waals surface area contributed by atoms with Crippen LogP contribution in [0.3, 0.4) is 0 Å². The largest absolute Gasteiger partial charge is 0.301 e. The van der Waals surface area contributed by atoms with Gasteiger partial charge in [-0.3, -0.25) is 0 Å². The van der Waals surface area contributed by atoms with Crippen LogP contribution in [0, 0.1) is 22.7 Å². The lowest BCUT2D eigenvalue weighted by atomic mass is 10.1. The molecule has 1 saturated carbocycles. The predicted molar refractivity (Wildman–Crippen MR) is 56.4 cm³/mol. The molecule has 0 saturated heterocycles. The van der Waals surface area contributed by atoms with Crippen molar-refractivity contribution in [2.75, 3.05) is 0 Å². The van der Waals surface area contributed by atoms with Gasteiger partial charge in [0, 0.05) is 6.20 Å². The Morgan fingerprint density at radius 1 is 1.31 bits per heavy atom. The molecule has 0 radical (unpaired) electrons. The van der Waals surface area contributed by atoms with Gasteiger partial charge in [-0.2, -0.15) is 10.5 Å². The molecule has 0 aromatic carbocycles. The number of hydrogen-bond acceptors (Lipinski definition) is 3. The minimum atomic E-state index is -0.459. The second-order valence-electron chi connectivity index (χ2n) is 4.05. The van der Waals surface area contributed by atoms with Crippen LogP contribution in [0.25, 0.3) is 5.52 Å². The Kier molecular flexibility index (Phi) is 1.58. The van der Waals surface area contributed by atoms with E-state index in [1.54, 1.807) is 0 Å². The second kappa shape index (κ2) is 2.84. The van der Waals surface area contributed by atoms with E-state index in [4.69, 9.17) is 10.5 Å². The fourth-order valence-electron chi connectivity index (χ4n) is 1.97. The van der Waals surface area contributed by atoms with Crippen molar-refractivity contribution in [1.82, 2.24) is 9.38 Å². The third-order valence-corrected chi connectivity index (χ3v) is 3.05. The Balaban J connectivity index is 2.36. The SMILES string of the molecule is N#Cc1nc(C2(C#N)CC2)n2ccccc12. The summed E-state index contributed by atoms with van der Waals surface area (Å²) in [7, 11) is 0. The van der Waals surface area contributed by atoms with Gasteiger partial charge in [0.25, 0.3) is 0 Å². The van der Waals surface area contributed by atoms with E-state index in [0.29, 0.717) is 11.5 Å². The molecule has 1 fully saturated rings. The van der Waals surface area contributed by atoms with E-state index in [0.717, 1.165) is 18.4 Å². The summed E-state index contributed by atoms with van der Waals surface area (Å²) in [5.74, 6) is 0.710. The topological polar surface area (TPSA) is 64.9 Å². The Labute approximate surface area is 92.4 Å². The molecule has 0 atom stereocenters. The fraction of sp³-hybridized carbons (Fsp3) is 0.250. The number of fused-ring (bicyclic) bond motifs is 1. The highest BCUT2D eigenvalue weighted by molar-refractivity contribution is 5.60. The standard InChI is InChI=1S/C12H8N4/c13-7-9-10-3-1-2-6-16(10)11(15-9)12(8-14)4-5-12/h1-3,6H,4-5H2. The molecule has 1 aliphatic rings. The smallest absolute Gasteiger partial charge is 0.166 e. The maximum absolute atomic E-state index is 9.17. The van der Waals surface area contributed by atoms with Gasteiger partial charge in [0.05, 0.1) is 11.6 Å². The molecule has 0 unspecified atom stereocenters. The zero-order valence-electron chi connectivity index (χ0n) is 8.51.